The highest BCUT2D eigenvalue weighted by Gasteiger charge is 2.24. The standard InChI is InChI=1S/C12H11ClN2O/c13-10-4-3-9(7-14)5-11(10)15-12(16)6-8-1-2-8/h3-5,8H,1-2,6H2,(H,15,16). The molecular weight excluding hydrogens is 224 g/mol. The molecule has 3 nitrogen and oxygen atoms in total. The molecule has 1 amide bonds. The van der Waals surface area contributed by atoms with Crippen LogP contribution in [0.2, 0.25) is 5.02 Å². The van der Waals surface area contributed by atoms with E-state index in [1.54, 1.807) is 18.2 Å². The van der Waals surface area contributed by atoms with Gasteiger partial charge in [0, 0.05) is 6.42 Å². The molecule has 0 aromatic heterocycles. The number of anilines is 1. The summed E-state index contributed by atoms with van der Waals surface area (Å²) >= 11 is 5.93. The molecule has 4 heteroatoms. The molecule has 16 heavy (non-hydrogen) atoms. The van der Waals surface area contributed by atoms with E-state index in [9.17, 15) is 4.79 Å². The van der Waals surface area contributed by atoms with Crippen LogP contribution in [0.15, 0.2) is 18.2 Å². The monoisotopic (exact) mass is 234 g/mol. The number of hydrogen-bond acceptors (Lipinski definition) is 2. The minimum absolute atomic E-state index is 0.0283. The highest BCUT2D eigenvalue weighted by molar-refractivity contribution is 6.33. The van der Waals surface area contributed by atoms with Crippen molar-refractivity contribution < 1.29 is 4.79 Å². The fourth-order valence-corrected chi connectivity index (χ4v) is 1.64. The molecule has 2 rings (SSSR count). The molecule has 1 N–H and O–H groups in total. The van der Waals surface area contributed by atoms with Gasteiger partial charge in [-0.05, 0) is 37.0 Å². The van der Waals surface area contributed by atoms with Crippen molar-refractivity contribution in [3.05, 3.63) is 28.8 Å². The van der Waals surface area contributed by atoms with E-state index < -0.39 is 0 Å². The molecule has 82 valence electrons. The second kappa shape index (κ2) is 4.54. The smallest absolute Gasteiger partial charge is 0.224 e. The second-order valence-corrected chi connectivity index (χ2v) is 4.41. The van der Waals surface area contributed by atoms with Gasteiger partial charge in [-0.15, -0.1) is 0 Å². The van der Waals surface area contributed by atoms with E-state index in [-0.39, 0.29) is 5.91 Å². The van der Waals surface area contributed by atoms with E-state index in [4.69, 9.17) is 16.9 Å². The molecule has 0 spiro atoms. The number of hydrogen-bond donors (Lipinski definition) is 1. The van der Waals surface area contributed by atoms with Crippen molar-refractivity contribution in [1.29, 1.82) is 5.26 Å². The topological polar surface area (TPSA) is 52.9 Å². The number of nitriles is 1. The van der Waals surface area contributed by atoms with Gasteiger partial charge in [-0.2, -0.15) is 5.26 Å². The summed E-state index contributed by atoms with van der Waals surface area (Å²) in [6.07, 6.45) is 2.83. The van der Waals surface area contributed by atoms with Crippen LogP contribution < -0.4 is 5.32 Å². The maximum atomic E-state index is 11.6. The SMILES string of the molecule is N#Cc1ccc(Cl)c(NC(=O)CC2CC2)c1. The van der Waals surface area contributed by atoms with Crippen LogP contribution in [0.1, 0.15) is 24.8 Å². The molecule has 0 unspecified atom stereocenters. The van der Waals surface area contributed by atoms with Crippen LogP contribution in [0, 0.1) is 17.2 Å². The summed E-state index contributed by atoms with van der Waals surface area (Å²) in [6, 6.07) is 6.84. The van der Waals surface area contributed by atoms with Crippen molar-refractivity contribution in [3.8, 4) is 6.07 Å². The first-order valence-corrected chi connectivity index (χ1v) is 5.56. The van der Waals surface area contributed by atoms with Crippen LogP contribution in [0.5, 0.6) is 0 Å². The van der Waals surface area contributed by atoms with Crippen LogP contribution >= 0.6 is 11.6 Å². The molecule has 1 aromatic carbocycles. The van der Waals surface area contributed by atoms with Crippen LogP contribution in [0.3, 0.4) is 0 Å². The summed E-state index contributed by atoms with van der Waals surface area (Å²) in [5.74, 6) is 0.511. The van der Waals surface area contributed by atoms with Gasteiger partial charge in [-0.1, -0.05) is 11.6 Å². The molecule has 1 saturated carbocycles. The van der Waals surface area contributed by atoms with Crippen LogP contribution in [-0.4, -0.2) is 5.91 Å². The predicted molar refractivity (Wildman–Crippen MR) is 62.1 cm³/mol. The third kappa shape index (κ3) is 2.74. The Labute approximate surface area is 99.0 Å². The van der Waals surface area contributed by atoms with E-state index in [0.29, 0.717) is 28.6 Å². The second-order valence-electron chi connectivity index (χ2n) is 4.00. The molecule has 0 saturated heterocycles. The van der Waals surface area contributed by atoms with Gasteiger partial charge < -0.3 is 5.32 Å². The van der Waals surface area contributed by atoms with E-state index in [1.807, 2.05) is 6.07 Å². The van der Waals surface area contributed by atoms with Crippen LogP contribution in [-0.2, 0) is 4.79 Å². The molecule has 1 aromatic rings. The molecule has 1 aliphatic rings. The fourth-order valence-electron chi connectivity index (χ4n) is 1.48. The summed E-state index contributed by atoms with van der Waals surface area (Å²) in [4.78, 5) is 11.6. The number of nitrogens with zero attached hydrogens (tertiary/aromatic N) is 1. The van der Waals surface area contributed by atoms with Crippen molar-refractivity contribution in [2.45, 2.75) is 19.3 Å². The number of carbonyl (C=O) groups is 1. The van der Waals surface area contributed by atoms with Gasteiger partial charge in [-0.25, -0.2) is 0 Å². The lowest BCUT2D eigenvalue weighted by Gasteiger charge is -2.06. The van der Waals surface area contributed by atoms with Gasteiger partial charge in [0.15, 0.2) is 0 Å². The van der Waals surface area contributed by atoms with Gasteiger partial charge in [0.05, 0.1) is 22.3 Å². The first kappa shape index (κ1) is 11.0. The molecule has 1 aliphatic carbocycles. The Bertz CT molecular complexity index is 461. The van der Waals surface area contributed by atoms with Crippen molar-refractivity contribution in [1.82, 2.24) is 0 Å². The van der Waals surface area contributed by atoms with E-state index in [0.717, 1.165) is 12.8 Å². The van der Waals surface area contributed by atoms with E-state index in [2.05, 4.69) is 5.32 Å². The zero-order valence-electron chi connectivity index (χ0n) is 8.66. The van der Waals surface area contributed by atoms with Crippen LogP contribution in [0.4, 0.5) is 5.69 Å². The fraction of sp³-hybridized carbons (Fsp3) is 0.333. The van der Waals surface area contributed by atoms with E-state index >= 15 is 0 Å². The first-order chi connectivity index (χ1) is 7.69. The Morgan fingerprint density at radius 3 is 2.94 bits per heavy atom. The number of amides is 1. The Hall–Kier alpha value is -1.53. The third-order valence-electron chi connectivity index (χ3n) is 2.54. The summed E-state index contributed by atoms with van der Waals surface area (Å²) in [5.41, 5.74) is 1.01. The van der Waals surface area contributed by atoms with Crippen LogP contribution in [0.25, 0.3) is 0 Å². The number of nitrogens with one attached hydrogen (secondary N) is 1. The molecule has 0 aliphatic heterocycles. The zero-order valence-corrected chi connectivity index (χ0v) is 9.42. The van der Waals surface area contributed by atoms with Crippen molar-refractivity contribution in [2.24, 2.45) is 5.92 Å². The number of halogens is 1. The minimum Gasteiger partial charge on any atom is -0.325 e. The largest absolute Gasteiger partial charge is 0.325 e. The van der Waals surface area contributed by atoms with Gasteiger partial charge in [0.25, 0.3) is 0 Å². The first-order valence-electron chi connectivity index (χ1n) is 5.18. The lowest BCUT2D eigenvalue weighted by Crippen LogP contribution is -2.12. The van der Waals surface area contributed by atoms with E-state index in [1.165, 1.54) is 0 Å². The summed E-state index contributed by atoms with van der Waals surface area (Å²) < 4.78 is 0. The maximum absolute atomic E-state index is 11.6. The Morgan fingerprint density at radius 1 is 1.56 bits per heavy atom. The highest BCUT2D eigenvalue weighted by atomic mass is 35.5. The molecule has 0 radical (unpaired) electrons. The average Bonchev–Trinajstić information content (AvgIpc) is 3.05. The molecule has 0 atom stereocenters. The van der Waals surface area contributed by atoms with Crippen molar-refractivity contribution >= 4 is 23.2 Å². The molecule has 1 fully saturated rings. The Morgan fingerprint density at radius 2 is 2.31 bits per heavy atom. The Balaban J connectivity index is 2.07. The minimum atomic E-state index is -0.0283. The number of rotatable bonds is 3. The summed E-state index contributed by atoms with van der Waals surface area (Å²) in [6.45, 7) is 0. The van der Waals surface area contributed by atoms with Crippen molar-refractivity contribution in [3.63, 3.8) is 0 Å². The maximum Gasteiger partial charge on any atom is 0.224 e. The van der Waals surface area contributed by atoms with Gasteiger partial charge in [0.2, 0.25) is 5.91 Å². The molecular formula is C12H11ClN2O. The van der Waals surface area contributed by atoms with Gasteiger partial charge in [0.1, 0.15) is 0 Å². The third-order valence-corrected chi connectivity index (χ3v) is 2.87. The quantitative estimate of drug-likeness (QED) is 0.874. The van der Waals surface area contributed by atoms with Gasteiger partial charge in [-0.3, -0.25) is 4.79 Å². The Kier molecular flexibility index (Phi) is 3.12. The normalized spacial score (nSPS) is 14.2. The number of carbonyl (C=O) groups excluding carboxylic acids is 1. The summed E-state index contributed by atoms with van der Waals surface area (Å²) in [7, 11) is 0. The molecule has 0 bridgehead atoms. The lowest BCUT2D eigenvalue weighted by atomic mass is 10.2. The highest BCUT2D eigenvalue weighted by Crippen LogP contribution is 2.33. The van der Waals surface area contributed by atoms with Crippen molar-refractivity contribution in [2.75, 3.05) is 5.32 Å². The average molecular weight is 235 g/mol. The number of benzene rings is 1. The lowest BCUT2D eigenvalue weighted by molar-refractivity contribution is -0.116. The van der Waals surface area contributed by atoms with Gasteiger partial charge >= 0.3 is 0 Å². The summed E-state index contributed by atoms with van der Waals surface area (Å²) in [5, 5.41) is 11.9. The predicted octanol–water partition coefficient (Wildman–Crippen LogP) is 2.95. The molecule has 0 heterocycles. The zero-order chi connectivity index (χ0) is 11.5.